The van der Waals surface area contributed by atoms with E-state index < -0.39 is 0 Å². The van der Waals surface area contributed by atoms with Crippen molar-refractivity contribution in [2.75, 3.05) is 13.6 Å². The Hall–Kier alpha value is -1.20. The summed E-state index contributed by atoms with van der Waals surface area (Å²) >= 11 is 1.64. The van der Waals surface area contributed by atoms with Gasteiger partial charge in [-0.2, -0.15) is 11.3 Å². The Kier molecular flexibility index (Phi) is 6.44. The maximum atomic E-state index is 10.2. The lowest BCUT2D eigenvalue weighted by molar-refractivity contribution is 0.145. The zero-order valence-electron chi connectivity index (χ0n) is 14.4. The summed E-state index contributed by atoms with van der Waals surface area (Å²) < 4.78 is 0. The van der Waals surface area contributed by atoms with Crippen molar-refractivity contribution in [2.24, 2.45) is 0 Å². The van der Waals surface area contributed by atoms with E-state index in [2.05, 4.69) is 47.6 Å². The fraction of sp³-hybridized carbons (Fsp3) is 0.500. The van der Waals surface area contributed by atoms with Crippen LogP contribution in [-0.4, -0.2) is 35.7 Å². The summed E-state index contributed by atoms with van der Waals surface area (Å²) in [5, 5.41) is 17.8. The van der Waals surface area contributed by atoms with Crippen LogP contribution in [0.3, 0.4) is 0 Å². The molecule has 2 aromatic rings. The second kappa shape index (κ2) is 8.77. The van der Waals surface area contributed by atoms with Crippen LogP contribution in [0.2, 0.25) is 0 Å². The number of hydrogen-bond donors (Lipinski definition) is 2. The van der Waals surface area contributed by atoms with Gasteiger partial charge in [0.2, 0.25) is 0 Å². The van der Waals surface area contributed by atoms with Gasteiger partial charge in [0.1, 0.15) is 0 Å². The molecule has 1 aromatic heterocycles. The van der Waals surface area contributed by atoms with Crippen LogP contribution in [0.15, 0.2) is 47.2 Å². The second-order valence-corrected chi connectivity index (χ2v) is 7.67. The predicted molar refractivity (Wildman–Crippen MR) is 101 cm³/mol. The predicted octanol–water partition coefficient (Wildman–Crippen LogP) is 3.81. The van der Waals surface area contributed by atoms with Crippen molar-refractivity contribution in [3.05, 3.63) is 58.3 Å². The maximum Gasteiger partial charge on any atom is 0.0922 e. The highest BCUT2D eigenvalue weighted by Crippen LogP contribution is 2.24. The molecule has 1 aromatic carbocycles. The van der Waals surface area contributed by atoms with Crippen molar-refractivity contribution in [3.8, 4) is 0 Å². The van der Waals surface area contributed by atoms with Gasteiger partial charge < -0.3 is 10.4 Å². The van der Waals surface area contributed by atoms with Gasteiger partial charge in [0.25, 0.3) is 0 Å². The standard InChI is InChI=1S/C20H28N2OS/c1-22(14-16-5-3-2-4-6-16)19-9-7-18(8-10-19)21-13-20(23)17-11-12-24-15-17/h2-6,11-12,15,18-21,23H,7-10,13-14H2,1H3/t18?,19?,20-/m1/s1. The van der Waals surface area contributed by atoms with Gasteiger partial charge >= 0.3 is 0 Å². The van der Waals surface area contributed by atoms with Gasteiger partial charge in [-0.3, -0.25) is 4.90 Å². The fourth-order valence-electron chi connectivity index (χ4n) is 3.58. The van der Waals surface area contributed by atoms with Crippen LogP contribution in [0.25, 0.3) is 0 Å². The Labute approximate surface area is 149 Å². The quantitative estimate of drug-likeness (QED) is 0.802. The second-order valence-electron chi connectivity index (χ2n) is 6.89. The Bertz CT molecular complexity index is 579. The van der Waals surface area contributed by atoms with Crippen molar-refractivity contribution >= 4 is 11.3 Å². The molecule has 0 bridgehead atoms. The molecule has 3 rings (SSSR count). The molecule has 1 atom stereocenters. The molecule has 3 nitrogen and oxygen atoms in total. The zero-order valence-corrected chi connectivity index (χ0v) is 15.2. The van der Waals surface area contributed by atoms with Crippen LogP contribution in [0, 0.1) is 0 Å². The van der Waals surface area contributed by atoms with E-state index in [1.54, 1.807) is 11.3 Å². The number of benzene rings is 1. The Balaban J connectivity index is 1.39. The first-order valence-electron chi connectivity index (χ1n) is 8.90. The maximum absolute atomic E-state index is 10.2. The highest BCUT2D eigenvalue weighted by atomic mass is 32.1. The summed E-state index contributed by atoms with van der Waals surface area (Å²) in [6, 6.07) is 13.9. The molecular formula is C20H28N2OS. The molecule has 1 aliphatic carbocycles. The minimum atomic E-state index is -0.380. The molecule has 0 unspecified atom stereocenters. The van der Waals surface area contributed by atoms with Crippen LogP contribution in [0.5, 0.6) is 0 Å². The third-order valence-corrected chi connectivity index (χ3v) is 5.82. The fourth-order valence-corrected chi connectivity index (χ4v) is 4.29. The van der Waals surface area contributed by atoms with Crippen molar-refractivity contribution < 1.29 is 5.11 Å². The molecule has 1 saturated carbocycles. The lowest BCUT2D eigenvalue weighted by Crippen LogP contribution is -2.41. The van der Waals surface area contributed by atoms with E-state index >= 15 is 0 Å². The Morgan fingerprint density at radius 2 is 1.92 bits per heavy atom. The number of rotatable bonds is 7. The van der Waals surface area contributed by atoms with Crippen LogP contribution >= 0.6 is 11.3 Å². The Morgan fingerprint density at radius 3 is 2.58 bits per heavy atom. The van der Waals surface area contributed by atoms with Crippen molar-refractivity contribution in [3.63, 3.8) is 0 Å². The number of hydrogen-bond acceptors (Lipinski definition) is 4. The number of nitrogens with zero attached hydrogens (tertiary/aromatic N) is 1. The first-order chi connectivity index (χ1) is 11.7. The SMILES string of the molecule is CN(Cc1ccccc1)C1CCC(NC[C@@H](O)c2ccsc2)CC1. The molecule has 1 aliphatic rings. The largest absolute Gasteiger partial charge is 0.387 e. The summed E-state index contributed by atoms with van der Waals surface area (Å²) in [6.45, 7) is 1.69. The monoisotopic (exact) mass is 344 g/mol. The lowest BCUT2D eigenvalue weighted by atomic mass is 9.90. The topological polar surface area (TPSA) is 35.5 Å². The highest BCUT2D eigenvalue weighted by Gasteiger charge is 2.24. The van der Waals surface area contributed by atoms with Gasteiger partial charge in [0.05, 0.1) is 6.10 Å². The summed E-state index contributed by atoms with van der Waals surface area (Å²) in [7, 11) is 2.24. The highest BCUT2D eigenvalue weighted by molar-refractivity contribution is 7.07. The molecule has 0 saturated heterocycles. The molecule has 1 heterocycles. The van der Waals surface area contributed by atoms with Gasteiger partial charge in [-0.05, 0) is 60.7 Å². The van der Waals surface area contributed by atoms with E-state index in [9.17, 15) is 5.11 Å². The van der Waals surface area contributed by atoms with E-state index in [0.29, 0.717) is 18.6 Å². The third kappa shape index (κ3) is 4.90. The minimum Gasteiger partial charge on any atom is -0.387 e. The Morgan fingerprint density at radius 1 is 1.17 bits per heavy atom. The van der Waals surface area contributed by atoms with Gasteiger partial charge in [-0.1, -0.05) is 30.3 Å². The van der Waals surface area contributed by atoms with Crippen molar-refractivity contribution in [1.29, 1.82) is 0 Å². The van der Waals surface area contributed by atoms with Crippen LogP contribution in [0.1, 0.15) is 42.9 Å². The van der Waals surface area contributed by atoms with E-state index in [1.165, 1.54) is 31.2 Å². The van der Waals surface area contributed by atoms with Gasteiger partial charge in [-0.25, -0.2) is 0 Å². The molecule has 0 aliphatic heterocycles. The van der Waals surface area contributed by atoms with E-state index in [1.807, 2.05) is 16.8 Å². The van der Waals surface area contributed by atoms with Crippen LogP contribution < -0.4 is 5.32 Å². The summed E-state index contributed by atoms with van der Waals surface area (Å²) in [5.74, 6) is 0. The smallest absolute Gasteiger partial charge is 0.0922 e. The van der Waals surface area contributed by atoms with E-state index in [0.717, 1.165) is 12.1 Å². The number of thiophene rings is 1. The average Bonchev–Trinajstić information content (AvgIpc) is 3.16. The molecule has 1 fully saturated rings. The number of aliphatic hydroxyl groups excluding tert-OH is 1. The molecular weight excluding hydrogens is 316 g/mol. The van der Waals surface area contributed by atoms with Crippen molar-refractivity contribution in [1.82, 2.24) is 10.2 Å². The molecule has 24 heavy (non-hydrogen) atoms. The number of nitrogens with one attached hydrogen (secondary N) is 1. The summed E-state index contributed by atoms with van der Waals surface area (Å²) in [4.78, 5) is 2.49. The molecule has 4 heteroatoms. The molecule has 2 N–H and O–H groups in total. The van der Waals surface area contributed by atoms with Gasteiger partial charge in [0, 0.05) is 25.2 Å². The normalized spacial score (nSPS) is 22.6. The van der Waals surface area contributed by atoms with Gasteiger partial charge in [0.15, 0.2) is 0 Å². The van der Waals surface area contributed by atoms with E-state index in [-0.39, 0.29) is 6.10 Å². The first kappa shape index (κ1) is 17.6. The molecule has 130 valence electrons. The molecule has 0 spiro atoms. The van der Waals surface area contributed by atoms with Crippen molar-refractivity contribution in [2.45, 2.75) is 50.4 Å². The van der Waals surface area contributed by atoms with Crippen LogP contribution in [0.4, 0.5) is 0 Å². The lowest BCUT2D eigenvalue weighted by Gasteiger charge is -2.35. The molecule has 0 amide bonds. The molecule has 0 radical (unpaired) electrons. The van der Waals surface area contributed by atoms with Gasteiger partial charge in [-0.15, -0.1) is 0 Å². The zero-order chi connectivity index (χ0) is 16.8. The van der Waals surface area contributed by atoms with Crippen LogP contribution in [-0.2, 0) is 6.54 Å². The average molecular weight is 345 g/mol. The number of aliphatic hydroxyl groups is 1. The summed E-state index contributed by atoms with van der Waals surface area (Å²) in [5.41, 5.74) is 2.42. The third-order valence-electron chi connectivity index (χ3n) is 5.12. The minimum absolute atomic E-state index is 0.380. The van der Waals surface area contributed by atoms with E-state index in [4.69, 9.17) is 0 Å². The summed E-state index contributed by atoms with van der Waals surface area (Å²) in [6.07, 6.45) is 4.47. The first-order valence-corrected chi connectivity index (χ1v) is 9.84.